The molecule has 31 heavy (non-hydrogen) atoms. The second-order valence-electron chi connectivity index (χ2n) is 8.95. The number of benzene rings is 2. The van der Waals surface area contributed by atoms with Crippen molar-refractivity contribution in [1.82, 2.24) is 0 Å². The lowest BCUT2D eigenvalue weighted by atomic mass is 9.71. The highest BCUT2D eigenvalue weighted by molar-refractivity contribution is 6.20. The van der Waals surface area contributed by atoms with E-state index in [-0.39, 0.29) is 17.6 Å². The Morgan fingerprint density at radius 3 is 2.42 bits per heavy atom. The van der Waals surface area contributed by atoms with E-state index in [4.69, 9.17) is 4.74 Å². The van der Waals surface area contributed by atoms with Gasteiger partial charge in [-0.25, -0.2) is 0 Å². The Morgan fingerprint density at radius 1 is 1.16 bits per heavy atom. The number of nitrogens with zero attached hydrogens (tertiary/aromatic N) is 1. The van der Waals surface area contributed by atoms with Crippen molar-refractivity contribution in [2.75, 3.05) is 7.11 Å². The van der Waals surface area contributed by atoms with Crippen LogP contribution in [0.4, 0.5) is 0 Å². The van der Waals surface area contributed by atoms with Crippen molar-refractivity contribution in [1.29, 1.82) is 5.26 Å². The minimum Gasteiger partial charge on any atom is -0.511 e. The third kappa shape index (κ3) is 4.57. The number of carbonyl (C=O) groups excluding carboxylic acids is 1. The number of aryl methyl sites for hydroxylation is 2. The molecule has 0 radical (unpaired) electrons. The molecule has 1 saturated carbocycles. The molecule has 4 heteroatoms. The Morgan fingerprint density at radius 2 is 1.84 bits per heavy atom. The summed E-state index contributed by atoms with van der Waals surface area (Å²) >= 11 is 0. The van der Waals surface area contributed by atoms with Crippen LogP contribution in [0.25, 0.3) is 16.7 Å². The molecular weight excluding hydrogens is 386 g/mol. The fourth-order valence-electron chi connectivity index (χ4n) is 4.64. The van der Waals surface area contributed by atoms with Gasteiger partial charge in [-0.1, -0.05) is 31.2 Å². The number of ketones is 1. The van der Waals surface area contributed by atoms with E-state index in [2.05, 4.69) is 6.07 Å². The Kier molecular flexibility index (Phi) is 6.67. The first-order valence-corrected chi connectivity index (χ1v) is 10.8. The molecule has 1 aliphatic carbocycles. The van der Waals surface area contributed by atoms with E-state index in [9.17, 15) is 15.2 Å². The smallest absolute Gasteiger partial charge is 0.163 e. The maximum absolute atomic E-state index is 12.7. The van der Waals surface area contributed by atoms with Crippen molar-refractivity contribution >= 4 is 11.4 Å². The zero-order valence-electron chi connectivity index (χ0n) is 19.1. The van der Waals surface area contributed by atoms with Crippen LogP contribution >= 0.6 is 0 Å². The minimum absolute atomic E-state index is 0.130. The van der Waals surface area contributed by atoms with E-state index in [1.165, 1.54) is 6.92 Å². The van der Waals surface area contributed by atoms with Gasteiger partial charge in [0.15, 0.2) is 5.78 Å². The summed E-state index contributed by atoms with van der Waals surface area (Å²) in [5.74, 6) is 0.0607. The second kappa shape index (κ2) is 9.08. The fourth-order valence-corrected chi connectivity index (χ4v) is 4.64. The third-order valence-corrected chi connectivity index (χ3v) is 6.67. The first-order chi connectivity index (χ1) is 14.7. The number of ether oxygens (including phenoxy) is 1. The second-order valence-corrected chi connectivity index (χ2v) is 8.95. The van der Waals surface area contributed by atoms with Gasteiger partial charge < -0.3 is 9.84 Å². The highest BCUT2D eigenvalue weighted by Gasteiger charge is 2.37. The minimum atomic E-state index is -0.434. The fraction of sp³-hybridized carbons (Fsp3) is 0.407. The van der Waals surface area contributed by atoms with E-state index in [0.717, 1.165) is 53.5 Å². The molecule has 3 rings (SSSR count). The Labute approximate surface area is 185 Å². The molecule has 0 atom stereocenters. The van der Waals surface area contributed by atoms with Crippen molar-refractivity contribution in [2.45, 2.75) is 59.5 Å². The Balaban J connectivity index is 2.08. The van der Waals surface area contributed by atoms with Crippen LogP contribution in [0.1, 0.15) is 61.8 Å². The first kappa shape index (κ1) is 22.8. The van der Waals surface area contributed by atoms with Gasteiger partial charge in [-0.15, -0.1) is 0 Å². The maximum Gasteiger partial charge on any atom is 0.163 e. The molecule has 0 aliphatic heterocycles. The molecule has 0 spiro atoms. The lowest BCUT2D eigenvalue weighted by Gasteiger charge is -2.37. The van der Waals surface area contributed by atoms with Gasteiger partial charge >= 0.3 is 0 Å². The topological polar surface area (TPSA) is 70.3 Å². The number of hydrogen-bond acceptors (Lipinski definition) is 4. The number of hydrogen-bond donors (Lipinski definition) is 1. The van der Waals surface area contributed by atoms with Crippen LogP contribution in [0.5, 0.6) is 0 Å². The standard InChI is InChI=1S/C27H31NO3/c1-17-14-24(18(2)13-23(17)21-8-6-7-20(15-21)16-28)25(19(3)29)26(30)27(4)11-9-22(31-5)10-12-27/h6-8,13-15,22,30H,9-12H2,1-5H3/b26-25-. The van der Waals surface area contributed by atoms with E-state index in [0.29, 0.717) is 11.1 Å². The van der Waals surface area contributed by atoms with Crippen LogP contribution in [-0.2, 0) is 9.53 Å². The van der Waals surface area contributed by atoms with Crippen LogP contribution in [0.15, 0.2) is 42.2 Å². The van der Waals surface area contributed by atoms with Crippen LogP contribution in [0.3, 0.4) is 0 Å². The Hall–Kier alpha value is -2.90. The molecule has 0 aromatic heterocycles. The summed E-state index contributed by atoms with van der Waals surface area (Å²) in [6.07, 6.45) is 3.52. The van der Waals surface area contributed by atoms with Gasteiger partial charge in [0.1, 0.15) is 5.76 Å². The zero-order valence-corrected chi connectivity index (χ0v) is 19.1. The van der Waals surface area contributed by atoms with Gasteiger partial charge in [-0.3, -0.25) is 4.79 Å². The first-order valence-electron chi connectivity index (χ1n) is 10.8. The molecular formula is C27H31NO3. The summed E-state index contributed by atoms with van der Waals surface area (Å²) in [4.78, 5) is 12.7. The average Bonchev–Trinajstić information content (AvgIpc) is 2.76. The molecule has 1 fully saturated rings. The van der Waals surface area contributed by atoms with Crippen LogP contribution in [0, 0.1) is 30.6 Å². The number of methoxy groups -OCH3 is 1. The van der Waals surface area contributed by atoms with Gasteiger partial charge in [0, 0.05) is 12.5 Å². The number of rotatable bonds is 5. The van der Waals surface area contributed by atoms with Gasteiger partial charge in [-0.2, -0.15) is 5.26 Å². The summed E-state index contributed by atoms with van der Waals surface area (Å²) in [5, 5.41) is 20.6. The molecule has 4 nitrogen and oxygen atoms in total. The normalized spacial score (nSPS) is 21.9. The molecule has 0 saturated heterocycles. The molecule has 0 heterocycles. The Bertz CT molecular complexity index is 1070. The third-order valence-electron chi connectivity index (χ3n) is 6.67. The monoisotopic (exact) mass is 417 g/mol. The van der Waals surface area contributed by atoms with Gasteiger partial charge in [0.2, 0.25) is 0 Å². The summed E-state index contributed by atoms with van der Waals surface area (Å²) in [7, 11) is 1.73. The number of allylic oxidation sites excluding steroid dienone is 2. The molecule has 1 aliphatic rings. The number of aliphatic hydroxyl groups is 1. The number of nitriles is 1. The van der Waals surface area contributed by atoms with Crippen molar-refractivity contribution in [3.05, 3.63) is 64.4 Å². The summed E-state index contributed by atoms with van der Waals surface area (Å²) in [6, 6.07) is 13.7. The summed E-state index contributed by atoms with van der Waals surface area (Å²) in [6.45, 7) is 7.53. The molecule has 0 amide bonds. The lowest BCUT2D eigenvalue weighted by Crippen LogP contribution is -2.31. The van der Waals surface area contributed by atoms with Crippen LogP contribution in [0.2, 0.25) is 0 Å². The molecule has 0 unspecified atom stereocenters. The highest BCUT2D eigenvalue weighted by Crippen LogP contribution is 2.45. The van der Waals surface area contributed by atoms with Crippen LogP contribution < -0.4 is 0 Å². The predicted octanol–water partition coefficient (Wildman–Crippen LogP) is 6.30. The van der Waals surface area contributed by atoms with Crippen molar-refractivity contribution in [3.8, 4) is 17.2 Å². The molecule has 162 valence electrons. The van der Waals surface area contributed by atoms with E-state index < -0.39 is 5.41 Å². The largest absolute Gasteiger partial charge is 0.511 e. The molecule has 2 aromatic carbocycles. The van der Waals surface area contributed by atoms with E-state index in [1.807, 2.05) is 51.1 Å². The molecule has 1 N–H and O–H groups in total. The summed E-state index contributed by atoms with van der Waals surface area (Å²) in [5.41, 5.74) is 5.27. The lowest BCUT2D eigenvalue weighted by molar-refractivity contribution is -0.112. The quantitative estimate of drug-likeness (QED) is 0.458. The van der Waals surface area contributed by atoms with Crippen LogP contribution in [-0.4, -0.2) is 24.1 Å². The van der Waals surface area contributed by atoms with Crippen molar-refractivity contribution < 1.29 is 14.6 Å². The molecule has 0 bridgehead atoms. The number of carbonyl (C=O) groups is 1. The maximum atomic E-state index is 12.7. The van der Waals surface area contributed by atoms with Gasteiger partial charge in [0.05, 0.1) is 23.3 Å². The van der Waals surface area contributed by atoms with Gasteiger partial charge in [0.25, 0.3) is 0 Å². The van der Waals surface area contributed by atoms with Crippen molar-refractivity contribution in [3.63, 3.8) is 0 Å². The highest BCUT2D eigenvalue weighted by atomic mass is 16.5. The zero-order chi connectivity index (χ0) is 22.8. The SMILES string of the molecule is COC1CCC(C)(/C(O)=C(\C(C)=O)c2cc(C)c(-c3cccc(C#N)c3)cc2C)CC1. The number of aliphatic hydroxyl groups excluding tert-OH is 1. The number of Topliss-reactive ketones (excluding diaryl/α,β-unsaturated/α-hetero) is 1. The predicted molar refractivity (Wildman–Crippen MR) is 124 cm³/mol. The van der Waals surface area contributed by atoms with E-state index in [1.54, 1.807) is 13.2 Å². The molecule has 2 aromatic rings. The summed E-state index contributed by atoms with van der Waals surface area (Å²) < 4.78 is 5.48. The van der Waals surface area contributed by atoms with Gasteiger partial charge in [-0.05, 0) is 86.4 Å². The van der Waals surface area contributed by atoms with Crippen molar-refractivity contribution in [2.24, 2.45) is 5.41 Å². The van der Waals surface area contributed by atoms with E-state index >= 15 is 0 Å². The average molecular weight is 418 g/mol.